The minimum absolute atomic E-state index is 0.0405. The largest absolute Gasteiger partial charge is 0.369 e. The highest BCUT2D eigenvalue weighted by atomic mass is 16.2. The van der Waals surface area contributed by atoms with Gasteiger partial charge in [-0.3, -0.25) is 9.59 Å². The number of primary amides is 1. The first kappa shape index (κ1) is 15.3. The maximum Gasteiger partial charge on any atom is 0.253 e. The van der Waals surface area contributed by atoms with Gasteiger partial charge in [0, 0.05) is 35.7 Å². The summed E-state index contributed by atoms with van der Waals surface area (Å²) in [6, 6.07) is 11.7. The van der Waals surface area contributed by atoms with Crippen molar-refractivity contribution in [2.24, 2.45) is 11.7 Å². The second-order valence-electron chi connectivity index (χ2n) is 6.14. The molecule has 0 aliphatic carbocycles. The van der Waals surface area contributed by atoms with Crippen LogP contribution in [0, 0.1) is 19.8 Å². The van der Waals surface area contributed by atoms with E-state index in [2.05, 4.69) is 30.5 Å². The molecule has 2 amide bonds. The standard InChI is InChI=1S/C18H21N3O2/c1-12-3-4-13(2)21(12)16-7-5-14(6-8-16)18(23)20-10-9-15(11-20)17(19)22/h3-8,15H,9-11H2,1-2H3,(H2,19,22)/t15-/m0/s1. The second kappa shape index (κ2) is 5.91. The zero-order chi connectivity index (χ0) is 16.6. The minimum Gasteiger partial charge on any atom is -0.369 e. The van der Waals surface area contributed by atoms with Crippen molar-refractivity contribution in [2.45, 2.75) is 20.3 Å². The summed E-state index contributed by atoms with van der Waals surface area (Å²) in [5.41, 5.74) is 9.32. The topological polar surface area (TPSA) is 68.3 Å². The van der Waals surface area contributed by atoms with Crippen LogP contribution in [-0.4, -0.2) is 34.4 Å². The van der Waals surface area contributed by atoms with Gasteiger partial charge in [0.05, 0.1) is 5.92 Å². The second-order valence-corrected chi connectivity index (χ2v) is 6.14. The summed E-state index contributed by atoms with van der Waals surface area (Å²) in [7, 11) is 0. The van der Waals surface area contributed by atoms with Crippen LogP contribution < -0.4 is 5.73 Å². The van der Waals surface area contributed by atoms with E-state index in [-0.39, 0.29) is 17.7 Å². The van der Waals surface area contributed by atoms with Crippen molar-refractivity contribution in [3.63, 3.8) is 0 Å². The SMILES string of the molecule is Cc1ccc(C)n1-c1ccc(C(=O)N2CC[C@H](C(N)=O)C2)cc1. The molecule has 0 saturated carbocycles. The van der Waals surface area contributed by atoms with E-state index in [0.717, 1.165) is 17.1 Å². The predicted octanol–water partition coefficient (Wildman–Crippen LogP) is 2.04. The van der Waals surface area contributed by atoms with E-state index in [1.54, 1.807) is 4.90 Å². The van der Waals surface area contributed by atoms with Crippen LogP contribution in [0.4, 0.5) is 0 Å². The van der Waals surface area contributed by atoms with E-state index in [9.17, 15) is 9.59 Å². The molecule has 2 heterocycles. The van der Waals surface area contributed by atoms with Crippen molar-refractivity contribution in [1.82, 2.24) is 9.47 Å². The Hall–Kier alpha value is -2.56. The predicted molar refractivity (Wildman–Crippen MR) is 88.4 cm³/mol. The van der Waals surface area contributed by atoms with Crippen LogP contribution in [0.25, 0.3) is 5.69 Å². The quantitative estimate of drug-likeness (QED) is 0.942. The summed E-state index contributed by atoms with van der Waals surface area (Å²) in [6.45, 7) is 5.12. The number of hydrogen-bond acceptors (Lipinski definition) is 2. The summed E-state index contributed by atoms with van der Waals surface area (Å²) in [5, 5.41) is 0. The number of hydrogen-bond donors (Lipinski definition) is 1. The number of aryl methyl sites for hydroxylation is 2. The lowest BCUT2D eigenvalue weighted by Crippen LogP contribution is -2.31. The van der Waals surface area contributed by atoms with E-state index in [1.165, 1.54) is 0 Å². The van der Waals surface area contributed by atoms with Crippen LogP contribution in [0.3, 0.4) is 0 Å². The molecule has 0 bridgehead atoms. The zero-order valence-electron chi connectivity index (χ0n) is 13.5. The molecule has 1 atom stereocenters. The maximum atomic E-state index is 12.5. The summed E-state index contributed by atoms with van der Waals surface area (Å²) in [4.78, 5) is 25.4. The Morgan fingerprint density at radius 1 is 1.04 bits per heavy atom. The van der Waals surface area contributed by atoms with Crippen LogP contribution in [-0.2, 0) is 4.79 Å². The molecule has 1 aliphatic heterocycles. The summed E-state index contributed by atoms with van der Waals surface area (Å²) in [6.07, 6.45) is 0.654. The highest BCUT2D eigenvalue weighted by Gasteiger charge is 2.30. The van der Waals surface area contributed by atoms with Gasteiger partial charge in [-0.2, -0.15) is 0 Å². The first-order valence-corrected chi connectivity index (χ1v) is 7.81. The Labute approximate surface area is 135 Å². The fourth-order valence-corrected chi connectivity index (χ4v) is 3.19. The van der Waals surface area contributed by atoms with Crippen LogP contribution in [0.5, 0.6) is 0 Å². The third-order valence-electron chi connectivity index (χ3n) is 4.52. The Bertz CT molecular complexity index is 727. The maximum absolute atomic E-state index is 12.5. The number of carbonyl (C=O) groups is 2. The smallest absolute Gasteiger partial charge is 0.253 e. The number of nitrogens with two attached hydrogens (primary N) is 1. The third-order valence-corrected chi connectivity index (χ3v) is 4.52. The Morgan fingerprint density at radius 2 is 1.65 bits per heavy atom. The molecule has 1 aromatic carbocycles. The summed E-state index contributed by atoms with van der Waals surface area (Å²) < 4.78 is 2.15. The number of carbonyl (C=O) groups excluding carboxylic acids is 2. The lowest BCUT2D eigenvalue weighted by atomic mass is 10.1. The van der Waals surface area contributed by atoms with Crippen molar-refractivity contribution < 1.29 is 9.59 Å². The molecular weight excluding hydrogens is 290 g/mol. The molecule has 2 N–H and O–H groups in total. The molecule has 0 unspecified atom stereocenters. The van der Waals surface area contributed by atoms with Gasteiger partial charge >= 0.3 is 0 Å². The van der Waals surface area contributed by atoms with Crippen LogP contribution in [0.15, 0.2) is 36.4 Å². The van der Waals surface area contributed by atoms with Crippen LogP contribution in [0.2, 0.25) is 0 Å². The molecule has 3 rings (SSSR count). The molecule has 1 saturated heterocycles. The Morgan fingerprint density at radius 3 is 2.17 bits per heavy atom. The van der Waals surface area contributed by atoms with Gasteiger partial charge in [0.1, 0.15) is 0 Å². The van der Waals surface area contributed by atoms with Gasteiger partial charge < -0.3 is 15.2 Å². The van der Waals surface area contributed by atoms with E-state index < -0.39 is 0 Å². The number of likely N-dealkylation sites (tertiary alicyclic amines) is 1. The molecule has 0 radical (unpaired) electrons. The van der Waals surface area contributed by atoms with Crippen molar-refractivity contribution in [1.29, 1.82) is 0 Å². The van der Waals surface area contributed by atoms with Gasteiger partial charge in [-0.15, -0.1) is 0 Å². The number of rotatable bonds is 3. The first-order chi connectivity index (χ1) is 11.0. The number of benzene rings is 1. The van der Waals surface area contributed by atoms with Gasteiger partial charge in [-0.05, 0) is 56.7 Å². The average Bonchev–Trinajstić information content (AvgIpc) is 3.14. The zero-order valence-corrected chi connectivity index (χ0v) is 13.5. The Balaban J connectivity index is 1.78. The number of amides is 2. The first-order valence-electron chi connectivity index (χ1n) is 7.81. The lowest BCUT2D eigenvalue weighted by molar-refractivity contribution is -0.121. The molecule has 120 valence electrons. The van der Waals surface area contributed by atoms with Crippen molar-refractivity contribution >= 4 is 11.8 Å². The third kappa shape index (κ3) is 2.86. The molecule has 2 aromatic rings. The molecule has 0 spiro atoms. The van der Waals surface area contributed by atoms with Crippen LogP contribution >= 0.6 is 0 Å². The van der Waals surface area contributed by atoms with Gasteiger partial charge in [0.15, 0.2) is 0 Å². The van der Waals surface area contributed by atoms with Crippen molar-refractivity contribution in [3.05, 3.63) is 53.3 Å². The molecule has 23 heavy (non-hydrogen) atoms. The van der Waals surface area contributed by atoms with Crippen molar-refractivity contribution in [3.8, 4) is 5.69 Å². The monoisotopic (exact) mass is 311 g/mol. The normalized spacial score (nSPS) is 17.5. The fraction of sp³-hybridized carbons (Fsp3) is 0.333. The average molecular weight is 311 g/mol. The van der Waals surface area contributed by atoms with Gasteiger partial charge in [-0.1, -0.05) is 0 Å². The molecule has 1 fully saturated rings. The van der Waals surface area contributed by atoms with E-state index in [4.69, 9.17) is 5.73 Å². The Kier molecular flexibility index (Phi) is 3.94. The van der Waals surface area contributed by atoms with Gasteiger partial charge in [-0.25, -0.2) is 0 Å². The molecular formula is C18H21N3O2. The fourth-order valence-electron chi connectivity index (χ4n) is 3.19. The van der Waals surface area contributed by atoms with E-state index in [0.29, 0.717) is 25.1 Å². The van der Waals surface area contributed by atoms with Crippen LogP contribution in [0.1, 0.15) is 28.2 Å². The number of aromatic nitrogens is 1. The number of nitrogens with zero attached hydrogens (tertiary/aromatic N) is 2. The summed E-state index contributed by atoms with van der Waals surface area (Å²) in [5.74, 6) is -0.584. The summed E-state index contributed by atoms with van der Waals surface area (Å²) >= 11 is 0. The minimum atomic E-state index is -0.325. The molecule has 5 heteroatoms. The molecule has 1 aliphatic rings. The molecule has 5 nitrogen and oxygen atoms in total. The van der Waals surface area contributed by atoms with Crippen molar-refractivity contribution in [2.75, 3.05) is 13.1 Å². The highest BCUT2D eigenvalue weighted by molar-refractivity contribution is 5.95. The lowest BCUT2D eigenvalue weighted by Gasteiger charge is -2.16. The van der Waals surface area contributed by atoms with E-state index in [1.807, 2.05) is 24.3 Å². The van der Waals surface area contributed by atoms with Gasteiger partial charge in [0.2, 0.25) is 5.91 Å². The van der Waals surface area contributed by atoms with E-state index >= 15 is 0 Å². The molecule has 1 aromatic heterocycles. The highest BCUT2D eigenvalue weighted by Crippen LogP contribution is 2.20. The van der Waals surface area contributed by atoms with Gasteiger partial charge in [0.25, 0.3) is 5.91 Å².